The summed E-state index contributed by atoms with van der Waals surface area (Å²) in [4.78, 5) is 11.0. The first-order valence-electron chi connectivity index (χ1n) is 5.91. The van der Waals surface area contributed by atoms with Crippen LogP contribution in [0, 0.1) is 6.92 Å². The van der Waals surface area contributed by atoms with E-state index >= 15 is 0 Å². The smallest absolute Gasteiger partial charge is 0.181 e. The highest BCUT2D eigenvalue weighted by Crippen LogP contribution is 2.05. The third-order valence-electron chi connectivity index (χ3n) is 2.73. The summed E-state index contributed by atoms with van der Waals surface area (Å²) in [6, 6.07) is 3.34. The molecule has 1 aromatic rings. The number of hydrogen-bond acceptors (Lipinski definition) is 1. The van der Waals surface area contributed by atoms with Gasteiger partial charge in [0.1, 0.15) is 0 Å². The molecule has 15 heavy (non-hydrogen) atoms. The average Bonchev–Trinajstić information content (AvgIpc) is 2.20. The van der Waals surface area contributed by atoms with Gasteiger partial charge in [0, 0.05) is 30.6 Å². The number of rotatable bonds is 6. The minimum atomic E-state index is 0.106. The molecule has 0 spiro atoms. The largest absolute Gasteiger partial charge is 0.351 e. The van der Waals surface area contributed by atoms with Gasteiger partial charge in [-0.3, -0.25) is 4.79 Å². The van der Waals surface area contributed by atoms with Crippen LogP contribution in [-0.2, 0) is 6.54 Å². The lowest BCUT2D eigenvalue weighted by atomic mass is 10.1. The number of pyridine rings is 1. The maximum Gasteiger partial charge on any atom is 0.181 e. The fourth-order valence-corrected chi connectivity index (χ4v) is 1.75. The van der Waals surface area contributed by atoms with E-state index in [-0.39, 0.29) is 5.43 Å². The molecule has 0 bridgehead atoms. The standard InChI is InChI=1S/C13H21NO/c1-3-4-5-6-7-9-14-10-8-13(15)11-12(14)2/h8,10-11H,3-7,9H2,1-2H3. The van der Waals surface area contributed by atoms with Crippen LogP contribution in [0.3, 0.4) is 0 Å². The van der Waals surface area contributed by atoms with Crippen molar-refractivity contribution in [1.29, 1.82) is 0 Å². The summed E-state index contributed by atoms with van der Waals surface area (Å²) >= 11 is 0. The van der Waals surface area contributed by atoms with Crippen LogP contribution in [0.2, 0.25) is 0 Å². The summed E-state index contributed by atoms with van der Waals surface area (Å²) in [5.74, 6) is 0. The van der Waals surface area contributed by atoms with Crippen molar-refractivity contribution in [2.45, 2.75) is 52.5 Å². The Morgan fingerprint density at radius 1 is 1.20 bits per heavy atom. The van der Waals surface area contributed by atoms with Crippen molar-refractivity contribution in [2.24, 2.45) is 0 Å². The molecule has 0 aliphatic rings. The lowest BCUT2D eigenvalue weighted by molar-refractivity contribution is 0.559. The summed E-state index contributed by atoms with van der Waals surface area (Å²) in [6.45, 7) is 5.26. The molecule has 0 radical (unpaired) electrons. The molecule has 0 unspecified atom stereocenters. The van der Waals surface area contributed by atoms with E-state index in [0.717, 1.165) is 12.2 Å². The first-order chi connectivity index (χ1) is 7.24. The molecule has 1 rings (SSSR count). The fourth-order valence-electron chi connectivity index (χ4n) is 1.75. The van der Waals surface area contributed by atoms with Gasteiger partial charge in [-0.1, -0.05) is 32.6 Å². The number of aryl methyl sites for hydroxylation is 2. The highest BCUT2D eigenvalue weighted by molar-refractivity contribution is 5.04. The van der Waals surface area contributed by atoms with Crippen molar-refractivity contribution in [2.75, 3.05) is 0 Å². The molecular formula is C13H21NO. The molecule has 1 aromatic heterocycles. The van der Waals surface area contributed by atoms with Gasteiger partial charge in [0.05, 0.1) is 0 Å². The van der Waals surface area contributed by atoms with E-state index in [1.807, 2.05) is 13.1 Å². The zero-order valence-corrected chi connectivity index (χ0v) is 9.83. The molecule has 0 saturated heterocycles. The van der Waals surface area contributed by atoms with E-state index in [0.29, 0.717) is 0 Å². The van der Waals surface area contributed by atoms with E-state index in [1.54, 1.807) is 12.1 Å². The van der Waals surface area contributed by atoms with Gasteiger partial charge in [-0.25, -0.2) is 0 Å². The fraction of sp³-hybridized carbons (Fsp3) is 0.615. The molecule has 84 valence electrons. The minimum absolute atomic E-state index is 0.106. The number of hydrogen-bond donors (Lipinski definition) is 0. The second-order valence-electron chi connectivity index (χ2n) is 4.11. The van der Waals surface area contributed by atoms with Crippen molar-refractivity contribution in [3.8, 4) is 0 Å². The van der Waals surface area contributed by atoms with E-state index in [1.165, 1.54) is 32.1 Å². The highest BCUT2D eigenvalue weighted by atomic mass is 16.1. The van der Waals surface area contributed by atoms with E-state index in [9.17, 15) is 4.79 Å². The van der Waals surface area contributed by atoms with Crippen molar-refractivity contribution in [1.82, 2.24) is 4.57 Å². The summed E-state index contributed by atoms with van der Waals surface area (Å²) in [6.07, 6.45) is 8.36. The molecule has 0 aliphatic heterocycles. The average molecular weight is 207 g/mol. The second kappa shape index (κ2) is 6.44. The van der Waals surface area contributed by atoms with Crippen molar-refractivity contribution in [3.05, 3.63) is 34.2 Å². The number of unbranched alkanes of at least 4 members (excludes halogenated alkanes) is 4. The van der Waals surface area contributed by atoms with E-state index in [4.69, 9.17) is 0 Å². The molecule has 2 heteroatoms. The Hall–Kier alpha value is -1.05. The zero-order valence-electron chi connectivity index (χ0n) is 9.83. The van der Waals surface area contributed by atoms with Crippen LogP contribution in [0.15, 0.2) is 23.1 Å². The van der Waals surface area contributed by atoms with Gasteiger partial charge in [-0.05, 0) is 13.3 Å². The topological polar surface area (TPSA) is 22.0 Å². The molecule has 1 heterocycles. The summed E-state index contributed by atoms with van der Waals surface area (Å²) in [7, 11) is 0. The highest BCUT2D eigenvalue weighted by Gasteiger charge is 1.95. The van der Waals surface area contributed by atoms with Crippen LogP contribution < -0.4 is 5.43 Å². The Bertz CT molecular complexity index is 341. The van der Waals surface area contributed by atoms with Crippen LogP contribution in [-0.4, -0.2) is 4.57 Å². The predicted octanol–water partition coefficient (Wildman–Crippen LogP) is 3.13. The van der Waals surface area contributed by atoms with Crippen molar-refractivity contribution < 1.29 is 0 Å². The predicted molar refractivity (Wildman–Crippen MR) is 64.2 cm³/mol. The van der Waals surface area contributed by atoms with Crippen LogP contribution in [0.1, 0.15) is 44.7 Å². The van der Waals surface area contributed by atoms with Gasteiger partial charge in [0.15, 0.2) is 5.43 Å². The number of nitrogens with zero attached hydrogens (tertiary/aromatic N) is 1. The summed E-state index contributed by atoms with van der Waals surface area (Å²) in [5, 5.41) is 0. The molecular weight excluding hydrogens is 186 g/mol. The normalized spacial score (nSPS) is 10.5. The zero-order chi connectivity index (χ0) is 11.1. The van der Waals surface area contributed by atoms with Gasteiger partial charge in [-0.2, -0.15) is 0 Å². The maximum absolute atomic E-state index is 11.0. The van der Waals surface area contributed by atoms with Crippen LogP contribution in [0.25, 0.3) is 0 Å². The Balaban J connectivity index is 2.34. The molecule has 2 nitrogen and oxygen atoms in total. The van der Waals surface area contributed by atoms with Gasteiger partial charge in [0.2, 0.25) is 0 Å². The first-order valence-corrected chi connectivity index (χ1v) is 5.91. The van der Waals surface area contributed by atoms with Crippen molar-refractivity contribution >= 4 is 0 Å². The lowest BCUT2D eigenvalue weighted by Crippen LogP contribution is -2.08. The van der Waals surface area contributed by atoms with Crippen LogP contribution >= 0.6 is 0 Å². The molecule has 0 aliphatic carbocycles. The molecule has 0 N–H and O–H groups in total. The van der Waals surface area contributed by atoms with Crippen molar-refractivity contribution in [3.63, 3.8) is 0 Å². The SMILES string of the molecule is CCCCCCCn1ccc(=O)cc1C. The monoisotopic (exact) mass is 207 g/mol. The molecule has 0 fully saturated rings. The Labute approximate surface area is 91.9 Å². The molecule has 0 saturated carbocycles. The molecule has 0 aromatic carbocycles. The van der Waals surface area contributed by atoms with E-state index < -0.39 is 0 Å². The van der Waals surface area contributed by atoms with Gasteiger partial charge >= 0.3 is 0 Å². The van der Waals surface area contributed by atoms with E-state index in [2.05, 4.69) is 11.5 Å². The van der Waals surface area contributed by atoms with Crippen LogP contribution in [0.5, 0.6) is 0 Å². The van der Waals surface area contributed by atoms with Gasteiger partial charge in [-0.15, -0.1) is 0 Å². The quantitative estimate of drug-likeness (QED) is 0.657. The van der Waals surface area contributed by atoms with Crippen LogP contribution in [0.4, 0.5) is 0 Å². The Kier molecular flexibility index (Phi) is 5.16. The summed E-state index contributed by atoms with van der Waals surface area (Å²) < 4.78 is 2.16. The maximum atomic E-state index is 11.0. The summed E-state index contributed by atoms with van der Waals surface area (Å²) in [5.41, 5.74) is 1.17. The molecule has 0 amide bonds. The first kappa shape index (κ1) is 12.0. The number of aromatic nitrogens is 1. The van der Waals surface area contributed by atoms with Gasteiger partial charge in [0.25, 0.3) is 0 Å². The Morgan fingerprint density at radius 2 is 1.93 bits per heavy atom. The minimum Gasteiger partial charge on any atom is -0.351 e. The third kappa shape index (κ3) is 4.32. The lowest BCUT2D eigenvalue weighted by Gasteiger charge is -2.09. The molecule has 0 atom stereocenters. The third-order valence-corrected chi connectivity index (χ3v) is 2.73. The Morgan fingerprint density at radius 3 is 2.60 bits per heavy atom. The van der Waals surface area contributed by atoms with Gasteiger partial charge < -0.3 is 4.57 Å². The second-order valence-corrected chi connectivity index (χ2v) is 4.11.